The van der Waals surface area contributed by atoms with Crippen LogP contribution in [0.25, 0.3) is 0 Å². The third kappa shape index (κ3) is 4.97. The van der Waals surface area contributed by atoms with E-state index in [4.69, 9.17) is 9.84 Å². The molecule has 1 aromatic rings. The van der Waals surface area contributed by atoms with Crippen molar-refractivity contribution in [3.05, 3.63) is 35.4 Å². The molecule has 0 saturated carbocycles. The molecule has 0 aliphatic heterocycles. The van der Waals surface area contributed by atoms with Crippen LogP contribution in [-0.2, 0) is 11.3 Å². The molecule has 4 heteroatoms. The molecule has 94 valence electrons. The van der Waals surface area contributed by atoms with Crippen molar-refractivity contribution in [1.29, 1.82) is 0 Å². The number of carboxylic acids is 1. The molecule has 0 saturated heterocycles. The van der Waals surface area contributed by atoms with Crippen LogP contribution in [0.4, 0.5) is 0 Å². The number of benzene rings is 1. The summed E-state index contributed by atoms with van der Waals surface area (Å²) >= 11 is 0. The molecule has 1 atom stereocenters. The summed E-state index contributed by atoms with van der Waals surface area (Å²) in [5.41, 5.74) is 1.38. The summed E-state index contributed by atoms with van der Waals surface area (Å²) in [6.45, 7) is 6.22. The molecule has 1 aromatic carbocycles. The van der Waals surface area contributed by atoms with Gasteiger partial charge in [-0.1, -0.05) is 12.1 Å². The third-order valence-electron chi connectivity index (χ3n) is 2.41. The number of carboxylic acid groups (broad SMARTS) is 1. The second-order valence-corrected chi connectivity index (χ2v) is 3.90. The van der Waals surface area contributed by atoms with Gasteiger partial charge in [-0.2, -0.15) is 0 Å². The van der Waals surface area contributed by atoms with Gasteiger partial charge in [-0.15, -0.1) is 0 Å². The standard InChI is InChI=1S/C13H19NO3/c1-3-17-10(2)8-14-9-11-4-6-12(7-5-11)13(15)16/h4-7,10,14H,3,8-9H2,1-2H3,(H,15,16). The first-order valence-corrected chi connectivity index (χ1v) is 5.78. The second-order valence-electron chi connectivity index (χ2n) is 3.90. The summed E-state index contributed by atoms with van der Waals surface area (Å²) in [5, 5.41) is 12.0. The molecule has 1 rings (SSSR count). The molecule has 2 N–H and O–H groups in total. The van der Waals surface area contributed by atoms with E-state index in [0.717, 1.165) is 25.3 Å². The summed E-state index contributed by atoms with van der Waals surface area (Å²) < 4.78 is 5.39. The first-order valence-electron chi connectivity index (χ1n) is 5.78. The Morgan fingerprint density at radius 2 is 2.06 bits per heavy atom. The zero-order valence-electron chi connectivity index (χ0n) is 10.3. The van der Waals surface area contributed by atoms with Crippen LogP contribution in [0.15, 0.2) is 24.3 Å². The molecular weight excluding hydrogens is 218 g/mol. The molecule has 4 nitrogen and oxygen atoms in total. The topological polar surface area (TPSA) is 58.6 Å². The van der Waals surface area contributed by atoms with Crippen LogP contribution in [-0.4, -0.2) is 30.3 Å². The quantitative estimate of drug-likeness (QED) is 0.760. The maximum atomic E-state index is 10.7. The Balaban J connectivity index is 2.34. The Labute approximate surface area is 102 Å². The van der Waals surface area contributed by atoms with Gasteiger partial charge in [-0.05, 0) is 31.5 Å². The van der Waals surface area contributed by atoms with Gasteiger partial charge in [0.15, 0.2) is 0 Å². The molecule has 0 aromatic heterocycles. The second kappa shape index (κ2) is 7.04. The Morgan fingerprint density at radius 1 is 1.41 bits per heavy atom. The van der Waals surface area contributed by atoms with E-state index in [1.54, 1.807) is 12.1 Å². The van der Waals surface area contributed by atoms with Crippen molar-refractivity contribution >= 4 is 5.97 Å². The maximum Gasteiger partial charge on any atom is 0.335 e. The minimum atomic E-state index is -0.894. The molecule has 0 amide bonds. The average molecular weight is 237 g/mol. The fourth-order valence-electron chi connectivity index (χ4n) is 1.53. The molecular formula is C13H19NO3. The van der Waals surface area contributed by atoms with Gasteiger partial charge >= 0.3 is 5.97 Å². The van der Waals surface area contributed by atoms with Gasteiger partial charge in [0, 0.05) is 19.7 Å². The molecule has 1 unspecified atom stereocenters. The lowest BCUT2D eigenvalue weighted by Gasteiger charge is -2.12. The SMILES string of the molecule is CCOC(C)CNCc1ccc(C(=O)O)cc1. The molecule has 0 bridgehead atoms. The van der Waals surface area contributed by atoms with Crippen molar-refractivity contribution in [3.8, 4) is 0 Å². The highest BCUT2D eigenvalue weighted by Crippen LogP contribution is 2.04. The van der Waals surface area contributed by atoms with Crippen LogP contribution < -0.4 is 5.32 Å². The lowest BCUT2D eigenvalue weighted by Crippen LogP contribution is -2.26. The highest BCUT2D eigenvalue weighted by atomic mass is 16.5. The lowest BCUT2D eigenvalue weighted by atomic mass is 10.1. The zero-order chi connectivity index (χ0) is 12.7. The van der Waals surface area contributed by atoms with Gasteiger partial charge in [0.2, 0.25) is 0 Å². The minimum Gasteiger partial charge on any atom is -0.478 e. The van der Waals surface area contributed by atoms with E-state index in [2.05, 4.69) is 5.32 Å². The van der Waals surface area contributed by atoms with E-state index in [-0.39, 0.29) is 6.10 Å². The van der Waals surface area contributed by atoms with Crippen molar-refractivity contribution in [2.45, 2.75) is 26.5 Å². The van der Waals surface area contributed by atoms with Crippen LogP contribution in [0.3, 0.4) is 0 Å². The van der Waals surface area contributed by atoms with Gasteiger partial charge in [0.25, 0.3) is 0 Å². The Hall–Kier alpha value is -1.39. The van der Waals surface area contributed by atoms with Gasteiger partial charge < -0.3 is 15.2 Å². The summed E-state index contributed by atoms with van der Waals surface area (Å²) in [6.07, 6.45) is 0.193. The van der Waals surface area contributed by atoms with Crippen molar-refractivity contribution in [3.63, 3.8) is 0 Å². The van der Waals surface area contributed by atoms with Crippen LogP contribution in [0.2, 0.25) is 0 Å². The van der Waals surface area contributed by atoms with E-state index in [1.807, 2.05) is 26.0 Å². The van der Waals surface area contributed by atoms with Crippen molar-refractivity contribution in [2.75, 3.05) is 13.2 Å². The number of hydrogen-bond donors (Lipinski definition) is 2. The Morgan fingerprint density at radius 3 is 2.59 bits per heavy atom. The van der Waals surface area contributed by atoms with Crippen LogP contribution >= 0.6 is 0 Å². The van der Waals surface area contributed by atoms with Gasteiger partial charge in [-0.25, -0.2) is 4.79 Å². The van der Waals surface area contributed by atoms with Crippen molar-refractivity contribution in [1.82, 2.24) is 5.32 Å². The Kier molecular flexibility index (Phi) is 5.66. The molecule has 0 aliphatic rings. The predicted molar refractivity (Wildman–Crippen MR) is 66.2 cm³/mol. The summed E-state index contributed by atoms with van der Waals surface area (Å²) in [4.78, 5) is 10.7. The van der Waals surface area contributed by atoms with Crippen molar-refractivity contribution < 1.29 is 14.6 Å². The summed E-state index contributed by atoms with van der Waals surface area (Å²) in [6, 6.07) is 6.88. The zero-order valence-corrected chi connectivity index (χ0v) is 10.3. The van der Waals surface area contributed by atoms with E-state index in [9.17, 15) is 4.79 Å². The summed E-state index contributed by atoms with van der Waals surface area (Å²) in [7, 11) is 0. The lowest BCUT2D eigenvalue weighted by molar-refractivity contribution is 0.0696. The van der Waals surface area contributed by atoms with E-state index < -0.39 is 5.97 Å². The fraction of sp³-hybridized carbons (Fsp3) is 0.462. The van der Waals surface area contributed by atoms with E-state index in [1.165, 1.54) is 0 Å². The van der Waals surface area contributed by atoms with Gasteiger partial charge in [0.1, 0.15) is 0 Å². The molecule has 0 heterocycles. The van der Waals surface area contributed by atoms with Crippen molar-refractivity contribution in [2.24, 2.45) is 0 Å². The summed E-state index contributed by atoms with van der Waals surface area (Å²) in [5.74, 6) is -0.894. The minimum absolute atomic E-state index is 0.193. The number of ether oxygens (including phenoxy) is 1. The highest BCUT2D eigenvalue weighted by molar-refractivity contribution is 5.87. The van der Waals surface area contributed by atoms with Crippen LogP contribution in [0, 0.1) is 0 Å². The molecule has 0 fully saturated rings. The average Bonchev–Trinajstić information content (AvgIpc) is 2.30. The Bertz CT molecular complexity index is 348. The number of rotatable bonds is 7. The number of aromatic carboxylic acids is 1. The van der Waals surface area contributed by atoms with Gasteiger partial charge in [-0.3, -0.25) is 0 Å². The molecule has 0 spiro atoms. The molecule has 17 heavy (non-hydrogen) atoms. The molecule has 0 aliphatic carbocycles. The monoisotopic (exact) mass is 237 g/mol. The van der Waals surface area contributed by atoms with Crippen LogP contribution in [0.1, 0.15) is 29.8 Å². The highest BCUT2D eigenvalue weighted by Gasteiger charge is 2.02. The van der Waals surface area contributed by atoms with Crippen LogP contribution in [0.5, 0.6) is 0 Å². The predicted octanol–water partition coefficient (Wildman–Crippen LogP) is 1.90. The number of nitrogens with one attached hydrogen (secondary N) is 1. The van der Waals surface area contributed by atoms with E-state index >= 15 is 0 Å². The number of carbonyl (C=O) groups is 1. The normalized spacial score (nSPS) is 12.4. The largest absolute Gasteiger partial charge is 0.478 e. The maximum absolute atomic E-state index is 10.7. The van der Waals surface area contributed by atoms with E-state index in [0.29, 0.717) is 5.56 Å². The smallest absolute Gasteiger partial charge is 0.335 e. The first kappa shape index (κ1) is 13.7. The number of hydrogen-bond acceptors (Lipinski definition) is 3. The fourth-order valence-corrected chi connectivity index (χ4v) is 1.53. The third-order valence-corrected chi connectivity index (χ3v) is 2.41. The first-order chi connectivity index (χ1) is 8.13. The molecule has 0 radical (unpaired) electrons. The van der Waals surface area contributed by atoms with Gasteiger partial charge in [0.05, 0.1) is 11.7 Å².